The Labute approximate surface area is 171 Å². The fraction of sp³-hybridized carbons (Fsp3) is 0.143. The number of H-pyrrole nitrogens is 1. The molecule has 3 heterocycles. The van der Waals surface area contributed by atoms with Gasteiger partial charge in [-0.3, -0.25) is 5.10 Å². The first kappa shape index (κ1) is 17.6. The van der Waals surface area contributed by atoms with E-state index in [2.05, 4.69) is 56.7 Å². The lowest BCUT2D eigenvalue weighted by molar-refractivity contribution is 0.304. The van der Waals surface area contributed by atoms with Crippen LogP contribution in [0.25, 0.3) is 27.7 Å². The predicted molar refractivity (Wildman–Crippen MR) is 112 cm³/mol. The summed E-state index contributed by atoms with van der Waals surface area (Å²) in [5.41, 5.74) is 5.08. The highest BCUT2D eigenvalue weighted by Gasteiger charge is 2.16. The molecular weight excluding hydrogens is 384 g/mol. The summed E-state index contributed by atoms with van der Waals surface area (Å²) in [5, 5.41) is 21.4. The lowest BCUT2D eigenvalue weighted by atomic mass is 10.1. The van der Waals surface area contributed by atoms with E-state index >= 15 is 0 Å². The van der Waals surface area contributed by atoms with Crippen molar-refractivity contribution in [3.05, 3.63) is 70.7 Å². The Balaban J connectivity index is 1.38. The number of hydrogen-bond donors (Lipinski definition) is 1. The maximum absolute atomic E-state index is 5.83. The molecule has 2 aromatic carbocycles. The third kappa shape index (κ3) is 3.50. The van der Waals surface area contributed by atoms with Gasteiger partial charge in [-0.15, -0.1) is 10.2 Å². The molecule has 1 N–H and O–H groups in total. The van der Waals surface area contributed by atoms with Crippen molar-refractivity contribution in [2.45, 2.75) is 20.5 Å². The molecule has 0 aliphatic carbocycles. The number of hydrogen-bond acceptors (Lipinski definition) is 6. The molecule has 29 heavy (non-hydrogen) atoms. The quantitative estimate of drug-likeness (QED) is 0.470. The number of fused-ring (bicyclic) bond motifs is 1. The van der Waals surface area contributed by atoms with Crippen molar-refractivity contribution in [3.8, 4) is 28.5 Å². The summed E-state index contributed by atoms with van der Waals surface area (Å²) in [4.78, 5) is 0.717. The maximum Gasteiger partial charge on any atom is 0.235 e. The van der Waals surface area contributed by atoms with E-state index in [-0.39, 0.29) is 0 Å². The van der Waals surface area contributed by atoms with Gasteiger partial charge in [-0.1, -0.05) is 58.9 Å². The van der Waals surface area contributed by atoms with Crippen LogP contribution in [0.4, 0.5) is 0 Å². The van der Waals surface area contributed by atoms with Gasteiger partial charge < -0.3 is 4.74 Å². The monoisotopic (exact) mass is 402 g/mol. The summed E-state index contributed by atoms with van der Waals surface area (Å²) in [6, 6.07) is 18.2. The molecule has 0 spiro atoms. The third-order valence-electron chi connectivity index (χ3n) is 4.58. The summed E-state index contributed by atoms with van der Waals surface area (Å²) in [5.74, 6) is 1.45. The van der Waals surface area contributed by atoms with Crippen molar-refractivity contribution in [1.29, 1.82) is 0 Å². The Morgan fingerprint density at radius 2 is 1.69 bits per heavy atom. The first-order chi connectivity index (χ1) is 14.2. The molecule has 0 amide bonds. The molecule has 5 aromatic rings. The molecule has 7 nitrogen and oxygen atoms in total. The Hall–Kier alpha value is -3.52. The van der Waals surface area contributed by atoms with Crippen molar-refractivity contribution in [2.75, 3.05) is 0 Å². The maximum atomic E-state index is 5.83. The van der Waals surface area contributed by atoms with Crippen LogP contribution in [0.2, 0.25) is 0 Å². The summed E-state index contributed by atoms with van der Waals surface area (Å²) in [6.45, 7) is 4.50. The first-order valence-corrected chi connectivity index (χ1v) is 10.0. The molecule has 3 aromatic heterocycles. The van der Waals surface area contributed by atoms with Crippen LogP contribution in [-0.4, -0.2) is 30.0 Å². The summed E-state index contributed by atoms with van der Waals surface area (Å²) in [7, 11) is 0. The molecule has 0 saturated carbocycles. The van der Waals surface area contributed by atoms with E-state index in [1.807, 2.05) is 37.3 Å². The normalized spacial score (nSPS) is 11.2. The molecule has 0 aliphatic heterocycles. The number of nitrogens with one attached hydrogen (secondary N) is 1. The van der Waals surface area contributed by atoms with Crippen molar-refractivity contribution >= 4 is 16.3 Å². The van der Waals surface area contributed by atoms with Crippen LogP contribution in [0, 0.1) is 13.8 Å². The van der Waals surface area contributed by atoms with Gasteiger partial charge in [-0.05, 0) is 32.0 Å². The smallest absolute Gasteiger partial charge is 0.235 e. The highest BCUT2D eigenvalue weighted by molar-refractivity contribution is 7.16. The van der Waals surface area contributed by atoms with Crippen LogP contribution in [-0.2, 0) is 6.61 Å². The topological polar surface area (TPSA) is 81.0 Å². The minimum atomic E-state index is 0.383. The van der Waals surface area contributed by atoms with E-state index in [0.29, 0.717) is 17.4 Å². The van der Waals surface area contributed by atoms with Crippen LogP contribution < -0.4 is 4.74 Å². The number of rotatable bonds is 5. The number of aromatic nitrogens is 6. The number of benzene rings is 2. The minimum absolute atomic E-state index is 0.383. The zero-order valence-corrected chi connectivity index (χ0v) is 16.8. The Morgan fingerprint density at radius 3 is 2.45 bits per heavy atom. The van der Waals surface area contributed by atoms with Gasteiger partial charge in [0.05, 0.1) is 5.69 Å². The molecule has 0 aliphatic rings. The fourth-order valence-corrected chi connectivity index (χ4v) is 3.72. The highest BCUT2D eigenvalue weighted by atomic mass is 32.1. The summed E-state index contributed by atoms with van der Waals surface area (Å²) in [6.07, 6.45) is 0. The molecule has 0 atom stereocenters. The van der Waals surface area contributed by atoms with Gasteiger partial charge in [0.25, 0.3) is 0 Å². The largest absolute Gasteiger partial charge is 0.486 e. The standard InChI is InChI=1S/C21H18N6OS/c1-13-3-7-15(8-4-13)17-11-18(23-22-17)20-24-25-21-27(20)26-19(29-21)12-28-16-9-5-14(2)6-10-16/h3-11H,12H2,1-2H3,(H,22,23). The van der Waals surface area contributed by atoms with Crippen LogP contribution in [0.1, 0.15) is 16.1 Å². The van der Waals surface area contributed by atoms with E-state index in [0.717, 1.165) is 27.7 Å². The second-order valence-electron chi connectivity index (χ2n) is 6.85. The average Bonchev–Trinajstić information content (AvgIpc) is 3.44. The van der Waals surface area contributed by atoms with E-state index in [4.69, 9.17) is 4.74 Å². The number of ether oxygens (including phenoxy) is 1. The van der Waals surface area contributed by atoms with Gasteiger partial charge in [0.2, 0.25) is 10.8 Å². The van der Waals surface area contributed by atoms with E-state index in [1.165, 1.54) is 22.5 Å². The van der Waals surface area contributed by atoms with E-state index in [1.54, 1.807) is 4.52 Å². The molecule has 0 bridgehead atoms. The summed E-state index contributed by atoms with van der Waals surface area (Å²) < 4.78 is 7.56. The number of nitrogens with zero attached hydrogens (tertiary/aromatic N) is 5. The lowest BCUT2D eigenvalue weighted by Gasteiger charge is -2.03. The Bertz CT molecular complexity index is 1270. The number of aryl methyl sites for hydroxylation is 2. The van der Waals surface area contributed by atoms with Crippen molar-refractivity contribution < 1.29 is 4.74 Å². The van der Waals surface area contributed by atoms with E-state index < -0.39 is 0 Å². The van der Waals surface area contributed by atoms with Crippen molar-refractivity contribution in [1.82, 2.24) is 30.0 Å². The van der Waals surface area contributed by atoms with Gasteiger partial charge in [0.15, 0.2) is 5.01 Å². The molecule has 8 heteroatoms. The van der Waals surface area contributed by atoms with Gasteiger partial charge in [-0.2, -0.15) is 14.7 Å². The molecular formula is C21H18N6OS. The van der Waals surface area contributed by atoms with Crippen molar-refractivity contribution in [2.24, 2.45) is 0 Å². The third-order valence-corrected chi connectivity index (χ3v) is 5.45. The van der Waals surface area contributed by atoms with Gasteiger partial charge in [-0.25, -0.2) is 0 Å². The summed E-state index contributed by atoms with van der Waals surface area (Å²) >= 11 is 1.46. The number of aromatic amines is 1. The second kappa shape index (κ2) is 7.14. The molecule has 0 saturated heterocycles. The molecule has 144 valence electrons. The van der Waals surface area contributed by atoms with Crippen LogP contribution in [0.3, 0.4) is 0 Å². The molecule has 0 fully saturated rings. The molecule has 5 rings (SSSR count). The second-order valence-corrected chi connectivity index (χ2v) is 7.89. The lowest BCUT2D eigenvalue weighted by Crippen LogP contribution is -1.97. The Kier molecular flexibility index (Phi) is 4.33. The first-order valence-electron chi connectivity index (χ1n) is 9.19. The predicted octanol–water partition coefficient (Wildman–Crippen LogP) is 4.44. The van der Waals surface area contributed by atoms with Crippen molar-refractivity contribution in [3.63, 3.8) is 0 Å². The van der Waals surface area contributed by atoms with Gasteiger partial charge in [0, 0.05) is 5.56 Å². The van der Waals surface area contributed by atoms with Crippen LogP contribution >= 0.6 is 11.3 Å². The zero-order valence-electron chi connectivity index (χ0n) is 16.0. The average molecular weight is 402 g/mol. The molecule has 0 unspecified atom stereocenters. The fourth-order valence-electron chi connectivity index (χ4n) is 2.97. The highest BCUT2D eigenvalue weighted by Crippen LogP contribution is 2.25. The Morgan fingerprint density at radius 1 is 0.966 bits per heavy atom. The SMILES string of the molecule is Cc1ccc(OCc2nn3c(-c4cc(-c5ccc(C)cc5)n[nH]4)nnc3s2)cc1. The van der Waals surface area contributed by atoms with Gasteiger partial charge in [0.1, 0.15) is 18.1 Å². The van der Waals surface area contributed by atoms with Crippen LogP contribution in [0.15, 0.2) is 54.6 Å². The van der Waals surface area contributed by atoms with Gasteiger partial charge >= 0.3 is 0 Å². The zero-order chi connectivity index (χ0) is 19.8. The molecule has 0 radical (unpaired) electrons. The minimum Gasteiger partial charge on any atom is -0.486 e. The van der Waals surface area contributed by atoms with Crippen LogP contribution in [0.5, 0.6) is 5.75 Å². The van der Waals surface area contributed by atoms with E-state index in [9.17, 15) is 0 Å².